The predicted molar refractivity (Wildman–Crippen MR) is 175 cm³/mol. The normalized spacial score (nSPS) is 18.6. The van der Waals surface area contributed by atoms with Gasteiger partial charge in [-0.1, -0.05) is 48.9 Å². The fraction of sp³-hybridized carbons (Fsp3) is 0.405. The Labute approximate surface area is 264 Å². The molecule has 0 radical (unpaired) electrons. The molecule has 7 rings (SSSR count). The van der Waals surface area contributed by atoms with E-state index in [1.54, 1.807) is 4.68 Å². The number of hydrogen-bond acceptors (Lipinski definition) is 7. The second kappa shape index (κ2) is 11.6. The van der Waals surface area contributed by atoms with Gasteiger partial charge in [0, 0.05) is 49.7 Å². The highest BCUT2D eigenvalue weighted by molar-refractivity contribution is 5.84. The van der Waals surface area contributed by atoms with Crippen molar-refractivity contribution in [2.24, 2.45) is 12.5 Å². The van der Waals surface area contributed by atoms with E-state index in [0.29, 0.717) is 0 Å². The summed E-state index contributed by atoms with van der Waals surface area (Å²) >= 11 is 0. The van der Waals surface area contributed by atoms with Crippen LogP contribution in [0, 0.1) is 19.3 Å². The molecule has 2 aromatic heterocycles. The number of carbonyl (C=O) groups is 1. The van der Waals surface area contributed by atoms with Gasteiger partial charge >= 0.3 is 5.97 Å². The van der Waals surface area contributed by atoms with Crippen LogP contribution in [-0.2, 0) is 29.7 Å². The van der Waals surface area contributed by atoms with E-state index in [4.69, 9.17) is 9.47 Å². The summed E-state index contributed by atoms with van der Waals surface area (Å²) < 4.78 is 13.8. The van der Waals surface area contributed by atoms with Gasteiger partial charge < -0.3 is 9.47 Å². The number of methoxy groups -OCH3 is 1. The van der Waals surface area contributed by atoms with E-state index in [0.717, 1.165) is 95.3 Å². The third-order valence-electron chi connectivity index (χ3n) is 10.3. The molecule has 3 heterocycles. The van der Waals surface area contributed by atoms with Crippen LogP contribution in [0.15, 0.2) is 60.8 Å². The van der Waals surface area contributed by atoms with Crippen molar-refractivity contribution in [2.45, 2.75) is 71.6 Å². The number of benzene rings is 3. The molecule has 1 fully saturated rings. The van der Waals surface area contributed by atoms with Crippen molar-refractivity contribution < 1.29 is 14.3 Å². The number of esters is 1. The third kappa shape index (κ3) is 5.05. The van der Waals surface area contributed by atoms with Crippen molar-refractivity contribution in [2.75, 3.05) is 13.7 Å². The number of rotatable bonds is 7. The minimum atomic E-state index is -0.612. The summed E-state index contributed by atoms with van der Waals surface area (Å²) in [6.45, 7) is 8.86. The third-order valence-corrected chi connectivity index (χ3v) is 10.3. The summed E-state index contributed by atoms with van der Waals surface area (Å²) in [5.74, 6) is 0.668. The molecule has 0 bridgehead atoms. The maximum Gasteiger partial charge on any atom is 0.312 e. The van der Waals surface area contributed by atoms with E-state index >= 15 is 0 Å². The van der Waals surface area contributed by atoms with Crippen molar-refractivity contribution in [1.29, 1.82) is 0 Å². The van der Waals surface area contributed by atoms with Crippen LogP contribution in [0.4, 0.5) is 0 Å². The van der Waals surface area contributed by atoms with Gasteiger partial charge in [0.25, 0.3) is 0 Å². The molecule has 1 aliphatic carbocycles. The fourth-order valence-corrected chi connectivity index (χ4v) is 7.53. The molecule has 1 unspecified atom stereocenters. The Kier molecular flexibility index (Phi) is 7.56. The molecule has 232 valence electrons. The first kappa shape index (κ1) is 29.4. The van der Waals surface area contributed by atoms with E-state index in [1.807, 2.05) is 19.3 Å². The Balaban J connectivity index is 1.29. The summed E-state index contributed by atoms with van der Waals surface area (Å²) in [6, 6.07) is 19.4. The van der Waals surface area contributed by atoms with Crippen LogP contribution >= 0.6 is 0 Å². The molecule has 2 aliphatic rings. The van der Waals surface area contributed by atoms with Crippen LogP contribution < -0.4 is 4.74 Å². The monoisotopic (exact) mass is 603 g/mol. The van der Waals surface area contributed by atoms with Gasteiger partial charge in [-0.05, 0) is 85.2 Å². The highest BCUT2D eigenvalue weighted by Gasteiger charge is 2.53. The van der Waals surface area contributed by atoms with E-state index in [1.165, 1.54) is 18.2 Å². The Morgan fingerprint density at radius 3 is 2.73 bits per heavy atom. The van der Waals surface area contributed by atoms with Gasteiger partial charge in [0.15, 0.2) is 0 Å². The molecule has 2 atom stereocenters. The lowest BCUT2D eigenvalue weighted by atomic mass is 9.57. The first-order valence-electron chi connectivity index (χ1n) is 16.0. The van der Waals surface area contributed by atoms with E-state index in [9.17, 15) is 4.79 Å². The molecule has 0 N–H and O–H groups in total. The number of aromatic nitrogens is 4. The SMILES string of the molecule is CC[C@@H]1CN(Cc2cc(C(c3ccc4c(nnn4C)c3C)C3(C(=O)OC)CCC3)ccc2C)Cc2cc3ncccc3cc2O1. The Morgan fingerprint density at radius 1 is 1.13 bits per heavy atom. The zero-order valence-corrected chi connectivity index (χ0v) is 26.8. The molecule has 0 saturated heterocycles. The number of aryl methyl sites for hydroxylation is 3. The highest BCUT2D eigenvalue weighted by atomic mass is 16.5. The molecule has 0 amide bonds. The van der Waals surface area contributed by atoms with Crippen molar-refractivity contribution >= 4 is 27.9 Å². The minimum absolute atomic E-state index is 0.0931. The zero-order chi connectivity index (χ0) is 31.3. The Hall–Kier alpha value is -4.30. The Bertz CT molecular complexity index is 1910. The topological polar surface area (TPSA) is 82.4 Å². The molecule has 5 aromatic rings. The van der Waals surface area contributed by atoms with Gasteiger partial charge in [-0.3, -0.25) is 14.7 Å². The van der Waals surface area contributed by atoms with Gasteiger partial charge in [-0.15, -0.1) is 5.10 Å². The molecule has 1 aliphatic heterocycles. The average Bonchev–Trinajstić information content (AvgIpc) is 3.31. The maximum absolute atomic E-state index is 13.6. The van der Waals surface area contributed by atoms with Gasteiger partial charge in [-0.2, -0.15) is 0 Å². The summed E-state index contributed by atoms with van der Waals surface area (Å²) in [5, 5.41) is 9.86. The molecule has 3 aromatic carbocycles. The number of pyridine rings is 1. The smallest absolute Gasteiger partial charge is 0.312 e. The summed E-state index contributed by atoms with van der Waals surface area (Å²) in [5.41, 5.74) is 9.21. The quantitative estimate of drug-likeness (QED) is 0.190. The van der Waals surface area contributed by atoms with E-state index in [2.05, 4.69) is 89.5 Å². The average molecular weight is 604 g/mol. The van der Waals surface area contributed by atoms with Crippen molar-refractivity contribution in [3.05, 3.63) is 94.2 Å². The second-order valence-electron chi connectivity index (χ2n) is 13.0. The molecule has 0 spiro atoms. The van der Waals surface area contributed by atoms with Crippen LogP contribution in [0.1, 0.15) is 71.9 Å². The van der Waals surface area contributed by atoms with Crippen molar-refractivity contribution in [3.63, 3.8) is 0 Å². The maximum atomic E-state index is 13.6. The Morgan fingerprint density at radius 2 is 1.98 bits per heavy atom. The van der Waals surface area contributed by atoms with Crippen LogP contribution in [0.2, 0.25) is 0 Å². The summed E-state index contributed by atoms with van der Waals surface area (Å²) in [6.07, 6.45) is 5.46. The van der Waals surface area contributed by atoms with E-state index < -0.39 is 5.41 Å². The molecule has 45 heavy (non-hydrogen) atoms. The minimum Gasteiger partial charge on any atom is -0.489 e. The van der Waals surface area contributed by atoms with Crippen LogP contribution in [0.5, 0.6) is 5.75 Å². The van der Waals surface area contributed by atoms with Gasteiger partial charge in [0.2, 0.25) is 0 Å². The van der Waals surface area contributed by atoms with Crippen molar-refractivity contribution in [1.82, 2.24) is 24.9 Å². The van der Waals surface area contributed by atoms with Gasteiger partial charge in [0.1, 0.15) is 17.4 Å². The predicted octanol–water partition coefficient (Wildman–Crippen LogP) is 6.78. The number of fused-ring (bicyclic) bond motifs is 3. The largest absolute Gasteiger partial charge is 0.489 e. The lowest BCUT2D eigenvalue weighted by Crippen LogP contribution is -2.45. The summed E-state index contributed by atoms with van der Waals surface area (Å²) in [4.78, 5) is 20.7. The second-order valence-corrected chi connectivity index (χ2v) is 13.0. The van der Waals surface area contributed by atoms with Crippen LogP contribution in [0.25, 0.3) is 21.9 Å². The summed E-state index contributed by atoms with van der Waals surface area (Å²) in [7, 11) is 3.43. The molecule has 8 nitrogen and oxygen atoms in total. The van der Waals surface area contributed by atoms with E-state index in [-0.39, 0.29) is 18.0 Å². The fourth-order valence-electron chi connectivity index (χ4n) is 7.53. The van der Waals surface area contributed by atoms with Crippen LogP contribution in [0.3, 0.4) is 0 Å². The zero-order valence-electron chi connectivity index (χ0n) is 26.8. The molecular weight excluding hydrogens is 562 g/mol. The number of ether oxygens (including phenoxy) is 2. The number of hydrogen-bond donors (Lipinski definition) is 0. The lowest BCUT2D eigenvalue weighted by Gasteiger charge is -2.46. The number of carbonyl (C=O) groups excluding carboxylic acids is 1. The lowest BCUT2D eigenvalue weighted by molar-refractivity contribution is -0.159. The first-order valence-corrected chi connectivity index (χ1v) is 16.0. The van der Waals surface area contributed by atoms with Crippen molar-refractivity contribution in [3.8, 4) is 5.75 Å². The molecule has 8 heteroatoms. The molecule has 1 saturated carbocycles. The number of nitrogens with zero attached hydrogens (tertiary/aromatic N) is 5. The van der Waals surface area contributed by atoms with Crippen LogP contribution in [-0.4, -0.2) is 50.6 Å². The van der Waals surface area contributed by atoms with Gasteiger partial charge in [0.05, 0.1) is 23.6 Å². The van der Waals surface area contributed by atoms with Gasteiger partial charge in [-0.25, -0.2) is 4.68 Å². The first-order chi connectivity index (χ1) is 21.8. The standard InChI is InChI=1S/C37H41N5O3/c1-6-29-22-42(21-28-18-31-25(9-7-16-38-31)19-33(28)45-29)20-27-17-26(11-10-23(27)2)34(37(14-8-15-37)36(43)44-5)30-12-13-32-35(24(30)3)39-40-41(32)4/h7,9-13,16-19,29,34H,6,8,14-15,20-22H2,1-5H3/t29-,34?/m1/s1. The molecular formula is C37H41N5O3. The highest BCUT2D eigenvalue weighted by Crippen LogP contribution is 2.56.